The number of nitrogens with zero attached hydrogens (tertiary/aromatic N) is 1. The van der Waals surface area contributed by atoms with Crippen molar-refractivity contribution < 1.29 is 24.5 Å². The zero-order chi connectivity index (χ0) is 19.7. The lowest BCUT2D eigenvalue weighted by Crippen LogP contribution is -2.04. The molecule has 1 heterocycles. The average Bonchev–Trinajstić information content (AvgIpc) is 3.17. The molecule has 6 nitrogen and oxygen atoms in total. The standard InChI is InChI=1S/C18H13Br2NO5S/c1-25-13-4-3-8(5-9(13)18(24)26-2)12-7-27-17(21-12)10-6-11(19)15(22)16(23)14(10)20/h3-7,22-23H,1-2H3. The molecule has 0 saturated carbocycles. The second kappa shape index (κ2) is 7.87. The van der Waals surface area contributed by atoms with Crippen molar-refractivity contribution >= 4 is 49.2 Å². The molecular formula is C18H13Br2NO5S. The Hall–Kier alpha value is -2.10. The van der Waals surface area contributed by atoms with Crippen molar-refractivity contribution in [3.63, 3.8) is 0 Å². The Morgan fingerprint density at radius 2 is 1.89 bits per heavy atom. The summed E-state index contributed by atoms with van der Waals surface area (Å²) in [6, 6.07) is 6.79. The van der Waals surface area contributed by atoms with E-state index in [-0.39, 0.29) is 11.5 Å². The quantitative estimate of drug-likeness (QED) is 0.367. The third-order valence-electron chi connectivity index (χ3n) is 3.80. The lowest BCUT2D eigenvalue weighted by Gasteiger charge is -2.08. The summed E-state index contributed by atoms with van der Waals surface area (Å²) in [6.45, 7) is 0. The molecule has 2 N–H and O–H groups in total. The molecule has 0 aliphatic rings. The Kier molecular flexibility index (Phi) is 5.73. The summed E-state index contributed by atoms with van der Waals surface area (Å²) in [6.07, 6.45) is 0. The Labute approximate surface area is 175 Å². The van der Waals surface area contributed by atoms with Crippen LogP contribution in [-0.4, -0.2) is 35.4 Å². The average molecular weight is 515 g/mol. The van der Waals surface area contributed by atoms with Crippen LogP contribution in [0.15, 0.2) is 38.6 Å². The maximum atomic E-state index is 12.0. The molecule has 0 spiro atoms. The van der Waals surface area contributed by atoms with Crippen molar-refractivity contribution in [2.24, 2.45) is 0 Å². The summed E-state index contributed by atoms with van der Waals surface area (Å²) in [7, 11) is 2.79. The molecule has 0 atom stereocenters. The number of aromatic nitrogens is 1. The molecule has 9 heteroatoms. The molecule has 3 aromatic rings. The van der Waals surface area contributed by atoms with Crippen LogP contribution in [0.2, 0.25) is 0 Å². The number of hydrogen-bond donors (Lipinski definition) is 2. The fraction of sp³-hybridized carbons (Fsp3) is 0.111. The van der Waals surface area contributed by atoms with Gasteiger partial charge in [0.1, 0.15) is 16.3 Å². The lowest BCUT2D eigenvalue weighted by atomic mass is 10.1. The van der Waals surface area contributed by atoms with Crippen molar-refractivity contribution in [1.82, 2.24) is 4.98 Å². The minimum Gasteiger partial charge on any atom is -0.503 e. The summed E-state index contributed by atoms with van der Waals surface area (Å²) >= 11 is 7.86. The highest BCUT2D eigenvalue weighted by molar-refractivity contribution is 9.11. The Morgan fingerprint density at radius 1 is 1.15 bits per heavy atom. The largest absolute Gasteiger partial charge is 0.503 e. The number of hydrogen-bond acceptors (Lipinski definition) is 7. The molecule has 27 heavy (non-hydrogen) atoms. The topological polar surface area (TPSA) is 88.9 Å². The first-order valence-corrected chi connectivity index (χ1v) is 9.96. The third kappa shape index (κ3) is 3.67. The van der Waals surface area contributed by atoms with Gasteiger partial charge < -0.3 is 19.7 Å². The number of carbonyl (C=O) groups is 1. The molecule has 0 bridgehead atoms. The van der Waals surface area contributed by atoms with Crippen molar-refractivity contribution in [2.75, 3.05) is 14.2 Å². The van der Waals surface area contributed by atoms with Gasteiger partial charge in [-0.25, -0.2) is 9.78 Å². The first-order valence-electron chi connectivity index (χ1n) is 7.50. The molecule has 0 unspecified atom stereocenters. The van der Waals surface area contributed by atoms with E-state index in [1.807, 2.05) is 5.38 Å². The molecule has 0 radical (unpaired) electrons. The molecule has 3 rings (SSSR count). The number of thiazole rings is 1. The molecule has 2 aromatic carbocycles. The van der Waals surface area contributed by atoms with Gasteiger partial charge in [0.25, 0.3) is 0 Å². The molecule has 0 aliphatic carbocycles. The maximum Gasteiger partial charge on any atom is 0.341 e. The lowest BCUT2D eigenvalue weighted by molar-refractivity contribution is 0.0597. The van der Waals surface area contributed by atoms with E-state index in [4.69, 9.17) is 9.47 Å². The summed E-state index contributed by atoms with van der Waals surface area (Å²) in [5.74, 6) is -0.607. The SMILES string of the molecule is COC(=O)c1cc(-c2csc(-c3cc(Br)c(O)c(O)c3Br)n2)ccc1OC. The van der Waals surface area contributed by atoms with Gasteiger partial charge in [-0.15, -0.1) is 11.3 Å². The predicted molar refractivity (Wildman–Crippen MR) is 110 cm³/mol. The van der Waals surface area contributed by atoms with Crippen molar-refractivity contribution in [3.8, 4) is 39.1 Å². The van der Waals surface area contributed by atoms with Crippen molar-refractivity contribution in [3.05, 3.63) is 44.2 Å². The van der Waals surface area contributed by atoms with Gasteiger partial charge in [-0.05, 0) is 56.1 Å². The highest BCUT2D eigenvalue weighted by Gasteiger charge is 2.19. The Bertz CT molecular complexity index is 1030. The number of phenolic OH excluding ortho intramolecular Hbond substituents is 2. The zero-order valence-corrected chi connectivity index (χ0v) is 18.1. The number of esters is 1. The molecule has 140 valence electrons. The van der Waals surface area contributed by atoms with Gasteiger partial charge in [0.15, 0.2) is 11.5 Å². The van der Waals surface area contributed by atoms with Crippen molar-refractivity contribution in [1.29, 1.82) is 0 Å². The van der Waals surface area contributed by atoms with Crippen LogP contribution in [0.3, 0.4) is 0 Å². The van der Waals surface area contributed by atoms with Crippen LogP contribution in [0.5, 0.6) is 17.2 Å². The van der Waals surface area contributed by atoms with E-state index >= 15 is 0 Å². The van der Waals surface area contributed by atoms with Crippen LogP contribution in [-0.2, 0) is 4.74 Å². The minimum atomic E-state index is -0.501. The smallest absolute Gasteiger partial charge is 0.341 e. The number of aromatic hydroxyl groups is 2. The van der Waals surface area contributed by atoms with E-state index in [0.29, 0.717) is 36.5 Å². The van der Waals surface area contributed by atoms with Crippen LogP contribution in [0.1, 0.15) is 10.4 Å². The number of phenols is 2. The Morgan fingerprint density at radius 3 is 2.56 bits per heavy atom. The zero-order valence-electron chi connectivity index (χ0n) is 14.1. The predicted octanol–water partition coefficient (Wildman–Crippen LogP) is 5.21. The Balaban J connectivity index is 2.06. The molecule has 0 fully saturated rings. The molecule has 0 amide bonds. The maximum absolute atomic E-state index is 12.0. The van der Waals surface area contributed by atoms with E-state index in [0.717, 1.165) is 5.56 Å². The first-order chi connectivity index (χ1) is 12.9. The van der Waals surface area contributed by atoms with E-state index in [9.17, 15) is 15.0 Å². The summed E-state index contributed by atoms with van der Waals surface area (Å²) in [5, 5.41) is 22.3. The van der Waals surface area contributed by atoms with E-state index in [1.165, 1.54) is 25.6 Å². The van der Waals surface area contributed by atoms with Gasteiger partial charge >= 0.3 is 5.97 Å². The fourth-order valence-corrected chi connectivity index (χ4v) is 4.31. The van der Waals surface area contributed by atoms with Gasteiger partial charge in [0.05, 0.1) is 28.9 Å². The first kappa shape index (κ1) is 19.7. The number of methoxy groups -OCH3 is 2. The van der Waals surface area contributed by atoms with E-state index < -0.39 is 5.97 Å². The highest BCUT2D eigenvalue weighted by Crippen LogP contribution is 2.46. The highest BCUT2D eigenvalue weighted by atomic mass is 79.9. The number of benzene rings is 2. The van der Waals surface area contributed by atoms with Crippen LogP contribution in [0, 0.1) is 0 Å². The van der Waals surface area contributed by atoms with Gasteiger partial charge in [0.2, 0.25) is 0 Å². The van der Waals surface area contributed by atoms with Crippen molar-refractivity contribution in [2.45, 2.75) is 0 Å². The molecule has 1 aromatic heterocycles. The monoisotopic (exact) mass is 513 g/mol. The van der Waals surface area contributed by atoms with Gasteiger partial charge in [-0.1, -0.05) is 0 Å². The second-order valence-corrected chi connectivity index (χ2v) is 7.87. The van der Waals surface area contributed by atoms with Crippen LogP contribution in [0.25, 0.3) is 21.8 Å². The third-order valence-corrected chi connectivity index (χ3v) is 6.08. The second-order valence-electron chi connectivity index (χ2n) is 5.36. The molecular weight excluding hydrogens is 502 g/mol. The van der Waals surface area contributed by atoms with Gasteiger partial charge in [-0.3, -0.25) is 0 Å². The summed E-state index contributed by atoms with van der Waals surface area (Å²) in [4.78, 5) is 16.6. The van der Waals surface area contributed by atoms with E-state index in [2.05, 4.69) is 36.8 Å². The molecule has 0 aliphatic heterocycles. The summed E-state index contributed by atoms with van der Waals surface area (Å²) < 4.78 is 10.7. The number of carbonyl (C=O) groups excluding carboxylic acids is 1. The molecule has 0 saturated heterocycles. The minimum absolute atomic E-state index is 0.250. The van der Waals surface area contributed by atoms with E-state index in [1.54, 1.807) is 24.3 Å². The van der Waals surface area contributed by atoms with Crippen LogP contribution in [0.4, 0.5) is 0 Å². The van der Waals surface area contributed by atoms with Gasteiger partial charge in [-0.2, -0.15) is 0 Å². The fourth-order valence-electron chi connectivity index (χ4n) is 2.43. The number of rotatable bonds is 4. The summed E-state index contributed by atoms with van der Waals surface area (Å²) in [5.41, 5.74) is 2.30. The van der Waals surface area contributed by atoms with Crippen LogP contribution < -0.4 is 4.74 Å². The van der Waals surface area contributed by atoms with Gasteiger partial charge in [0, 0.05) is 16.5 Å². The number of halogens is 2. The number of ether oxygens (including phenoxy) is 2. The normalized spacial score (nSPS) is 10.7. The van der Waals surface area contributed by atoms with Crippen LogP contribution >= 0.6 is 43.2 Å².